The first-order valence-corrected chi connectivity index (χ1v) is 6.09. The zero-order valence-corrected chi connectivity index (χ0v) is 11.2. The van der Waals surface area contributed by atoms with Gasteiger partial charge in [-0.15, -0.1) is 0 Å². The average Bonchev–Trinajstić information content (AvgIpc) is 2.81. The Morgan fingerprint density at radius 1 is 1.48 bits per heavy atom. The lowest BCUT2D eigenvalue weighted by atomic mass is 10.2. The minimum Gasteiger partial charge on any atom is -0.458 e. The van der Waals surface area contributed by atoms with Crippen LogP contribution >= 0.6 is 0 Å². The Labute approximate surface area is 119 Å². The van der Waals surface area contributed by atoms with Crippen LogP contribution in [-0.4, -0.2) is 27.1 Å². The van der Waals surface area contributed by atoms with E-state index in [0.29, 0.717) is 5.82 Å². The normalized spacial score (nSPS) is 10.4. The molecule has 0 bridgehead atoms. The highest BCUT2D eigenvalue weighted by Crippen LogP contribution is 2.13. The number of nitro groups is 1. The van der Waals surface area contributed by atoms with E-state index in [1.54, 1.807) is 6.92 Å². The average molecular weight is 293 g/mol. The molecule has 0 radical (unpaired) electrons. The summed E-state index contributed by atoms with van der Waals surface area (Å²) >= 11 is 0. The Balaban J connectivity index is 1.99. The summed E-state index contributed by atoms with van der Waals surface area (Å²) in [6.45, 7) is 1.55. The fourth-order valence-corrected chi connectivity index (χ4v) is 1.81. The van der Waals surface area contributed by atoms with E-state index in [9.17, 15) is 19.3 Å². The lowest BCUT2D eigenvalue weighted by Gasteiger charge is -2.06. The van der Waals surface area contributed by atoms with Gasteiger partial charge in [0.15, 0.2) is 5.82 Å². The van der Waals surface area contributed by atoms with E-state index in [-0.39, 0.29) is 24.5 Å². The van der Waals surface area contributed by atoms with Gasteiger partial charge in [0.2, 0.25) is 0 Å². The highest BCUT2D eigenvalue weighted by molar-refractivity contribution is 5.89. The van der Waals surface area contributed by atoms with E-state index >= 15 is 0 Å². The van der Waals surface area contributed by atoms with E-state index in [1.165, 1.54) is 22.8 Å². The maximum Gasteiger partial charge on any atom is 0.342 e. The summed E-state index contributed by atoms with van der Waals surface area (Å²) in [5, 5.41) is 10.8. The van der Waals surface area contributed by atoms with Crippen molar-refractivity contribution in [2.45, 2.75) is 13.5 Å². The summed E-state index contributed by atoms with van der Waals surface area (Å²) in [6.07, 6.45) is 1.13. The van der Waals surface area contributed by atoms with Crippen LogP contribution in [0.25, 0.3) is 0 Å². The number of aryl methyl sites for hydroxylation is 1. The Morgan fingerprint density at radius 2 is 2.19 bits per heavy atom. The predicted molar refractivity (Wildman–Crippen MR) is 70.3 cm³/mol. The number of imidazole rings is 1. The van der Waals surface area contributed by atoms with Crippen molar-refractivity contribution in [3.8, 4) is 0 Å². The van der Waals surface area contributed by atoms with Crippen molar-refractivity contribution in [2.75, 3.05) is 6.61 Å². The van der Waals surface area contributed by atoms with E-state index in [1.807, 2.05) is 0 Å². The quantitative estimate of drug-likeness (QED) is 0.478. The second kappa shape index (κ2) is 6.12. The maximum absolute atomic E-state index is 13.4. The summed E-state index contributed by atoms with van der Waals surface area (Å²) in [5.74, 6) is -1.24. The van der Waals surface area contributed by atoms with Crippen molar-refractivity contribution in [3.63, 3.8) is 0 Å². The molecule has 0 atom stereocenters. The monoisotopic (exact) mass is 293 g/mol. The minimum absolute atomic E-state index is 0.0718. The number of aromatic nitrogens is 2. The summed E-state index contributed by atoms with van der Waals surface area (Å²) < 4.78 is 19.6. The van der Waals surface area contributed by atoms with E-state index in [2.05, 4.69) is 4.98 Å². The molecular weight excluding hydrogens is 281 g/mol. The molecule has 110 valence electrons. The smallest absolute Gasteiger partial charge is 0.342 e. The fraction of sp³-hybridized carbons (Fsp3) is 0.231. The van der Waals surface area contributed by atoms with Crippen molar-refractivity contribution in [1.82, 2.24) is 9.55 Å². The number of benzene rings is 1. The Morgan fingerprint density at radius 3 is 2.86 bits per heavy atom. The summed E-state index contributed by atoms with van der Waals surface area (Å²) in [7, 11) is 0. The van der Waals surface area contributed by atoms with Gasteiger partial charge in [-0.2, -0.15) is 0 Å². The van der Waals surface area contributed by atoms with Crippen LogP contribution in [0.3, 0.4) is 0 Å². The Kier molecular flexibility index (Phi) is 4.27. The third kappa shape index (κ3) is 3.22. The van der Waals surface area contributed by atoms with Crippen LogP contribution in [0, 0.1) is 22.9 Å². The van der Waals surface area contributed by atoms with Gasteiger partial charge < -0.3 is 14.9 Å². The molecule has 0 spiro atoms. The number of carbonyl (C=O) groups is 1. The molecule has 8 heteroatoms. The van der Waals surface area contributed by atoms with Crippen LogP contribution in [0.1, 0.15) is 16.2 Å². The van der Waals surface area contributed by atoms with Crippen molar-refractivity contribution in [1.29, 1.82) is 0 Å². The first-order chi connectivity index (χ1) is 10.0. The van der Waals surface area contributed by atoms with Crippen molar-refractivity contribution >= 4 is 11.8 Å². The SMILES string of the molecule is Cc1ncc([N+](=O)[O-])n1CCOC(=O)c1ccccc1F. The van der Waals surface area contributed by atoms with Gasteiger partial charge in [0.25, 0.3) is 0 Å². The number of halogens is 1. The summed E-state index contributed by atoms with van der Waals surface area (Å²) in [5.41, 5.74) is -0.172. The highest BCUT2D eigenvalue weighted by Gasteiger charge is 2.18. The van der Waals surface area contributed by atoms with E-state index in [0.717, 1.165) is 12.3 Å². The molecule has 0 saturated carbocycles. The molecule has 0 N–H and O–H groups in total. The maximum atomic E-state index is 13.4. The first-order valence-electron chi connectivity index (χ1n) is 6.09. The first kappa shape index (κ1) is 14.6. The molecular formula is C13H12FN3O4. The van der Waals surface area contributed by atoms with Gasteiger partial charge in [0.1, 0.15) is 25.2 Å². The van der Waals surface area contributed by atoms with Crippen LogP contribution in [0.5, 0.6) is 0 Å². The van der Waals surface area contributed by atoms with Crippen molar-refractivity contribution in [3.05, 3.63) is 57.8 Å². The molecule has 2 aromatic rings. The Bertz CT molecular complexity index is 684. The third-order valence-corrected chi connectivity index (χ3v) is 2.86. The molecule has 1 heterocycles. The van der Waals surface area contributed by atoms with Crippen LogP contribution in [-0.2, 0) is 11.3 Å². The summed E-state index contributed by atoms with van der Waals surface area (Å²) in [4.78, 5) is 25.7. The van der Waals surface area contributed by atoms with Crippen LogP contribution in [0.15, 0.2) is 30.5 Å². The van der Waals surface area contributed by atoms with Crippen LogP contribution in [0.4, 0.5) is 10.2 Å². The summed E-state index contributed by atoms with van der Waals surface area (Å²) in [6, 6.07) is 5.44. The van der Waals surface area contributed by atoms with Gasteiger partial charge in [-0.3, -0.25) is 0 Å². The zero-order valence-electron chi connectivity index (χ0n) is 11.2. The van der Waals surface area contributed by atoms with Gasteiger partial charge in [-0.25, -0.2) is 18.7 Å². The number of hydrogen-bond acceptors (Lipinski definition) is 5. The van der Waals surface area contributed by atoms with Gasteiger partial charge in [-0.1, -0.05) is 12.1 Å². The van der Waals surface area contributed by atoms with Crippen LogP contribution in [0.2, 0.25) is 0 Å². The molecule has 0 aliphatic heterocycles. The lowest BCUT2D eigenvalue weighted by Crippen LogP contribution is -2.14. The Hall–Kier alpha value is -2.77. The fourth-order valence-electron chi connectivity index (χ4n) is 1.81. The van der Waals surface area contributed by atoms with E-state index in [4.69, 9.17) is 4.74 Å². The number of ether oxygens (including phenoxy) is 1. The molecule has 2 rings (SSSR count). The molecule has 7 nitrogen and oxygen atoms in total. The second-order valence-corrected chi connectivity index (χ2v) is 4.19. The van der Waals surface area contributed by atoms with Crippen LogP contribution < -0.4 is 0 Å². The van der Waals surface area contributed by atoms with Gasteiger partial charge >= 0.3 is 11.8 Å². The molecule has 0 fully saturated rings. The van der Waals surface area contributed by atoms with Crippen molar-refractivity contribution in [2.24, 2.45) is 0 Å². The predicted octanol–water partition coefficient (Wildman–Crippen LogP) is 2.10. The molecule has 0 saturated heterocycles. The van der Waals surface area contributed by atoms with Gasteiger partial charge in [-0.05, 0) is 17.1 Å². The number of nitrogens with zero attached hydrogens (tertiary/aromatic N) is 3. The molecule has 0 unspecified atom stereocenters. The molecule has 21 heavy (non-hydrogen) atoms. The molecule has 0 aliphatic carbocycles. The molecule has 1 aromatic carbocycles. The van der Waals surface area contributed by atoms with Crippen molar-refractivity contribution < 1.29 is 18.8 Å². The largest absolute Gasteiger partial charge is 0.458 e. The zero-order chi connectivity index (χ0) is 15.4. The topological polar surface area (TPSA) is 87.3 Å². The number of hydrogen-bond donors (Lipinski definition) is 0. The third-order valence-electron chi connectivity index (χ3n) is 2.86. The lowest BCUT2D eigenvalue weighted by molar-refractivity contribution is -0.392. The molecule has 0 amide bonds. The molecule has 1 aromatic heterocycles. The number of carbonyl (C=O) groups excluding carboxylic acids is 1. The standard InChI is InChI=1S/C13H12FN3O4/c1-9-15-8-12(17(19)20)16(9)6-7-21-13(18)10-4-2-3-5-11(10)14/h2-5,8H,6-7H2,1H3. The highest BCUT2D eigenvalue weighted by atomic mass is 19.1. The number of rotatable bonds is 5. The second-order valence-electron chi connectivity index (χ2n) is 4.19. The minimum atomic E-state index is -0.812. The molecule has 0 aliphatic rings. The van der Waals surface area contributed by atoms with Gasteiger partial charge in [0, 0.05) is 6.92 Å². The van der Waals surface area contributed by atoms with E-state index < -0.39 is 16.7 Å². The number of esters is 1. The van der Waals surface area contributed by atoms with Gasteiger partial charge in [0.05, 0.1) is 5.56 Å².